The van der Waals surface area contributed by atoms with Crippen LogP contribution in [0.1, 0.15) is 69.2 Å². The largest absolute Gasteiger partial charge is 0.345 e. The fraction of sp³-hybridized carbons (Fsp3) is 0.593. The summed E-state index contributed by atoms with van der Waals surface area (Å²) in [5, 5.41) is 6.59. The predicted molar refractivity (Wildman–Crippen MR) is 139 cm³/mol. The number of Topliss-reactive ketones (excluding diaryl/α,β-unsaturated/α-hetero) is 1. The molecule has 0 unspecified atom stereocenters. The van der Waals surface area contributed by atoms with Crippen molar-refractivity contribution in [1.82, 2.24) is 20.1 Å². The number of halogens is 2. The molecule has 1 saturated carbocycles. The molecule has 196 valence electrons. The molecule has 2 N–H and O–H groups in total. The maximum atomic E-state index is 14.3. The molecule has 36 heavy (non-hydrogen) atoms. The minimum absolute atomic E-state index is 0.0257. The number of nitrogens with one attached hydrogen (secondary N) is 2. The van der Waals surface area contributed by atoms with Crippen molar-refractivity contribution in [1.29, 1.82) is 0 Å². The zero-order valence-corrected chi connectivity index (χ0v) is 22.0. The van der Waals surface area contributed by atoms with Gasteiger partial charge >= 0.3 is 0 Å². The molecule has 2 aliphatic rings. The third kappa shape index (κ3) is 5.44. The Kier molecular flexibility index (Phi) is 8.35. The van der Waals surface area contributed by atoms with Gasteiger partial charge in [-0.15, -0.1) is 0 Å². The third-order valence-corrected chi connectivity index (χ3v) is 8.17. The van der Waals surface area contributed by atoms with Crippen LogP contribution >= 0.6 is 11.6 Å². The first-order chi connectivity index (χ1) is 17.2. The molecule has 0 radical (unpaired) electrons. The molecule has 1 aliphatic carbocycles. The molecule has 7 nitrogen and oxygen atoms in total. The highest BCUT2D eigenvalue weighted by molar-refractivity contribution is 6.31. The van der Waals surface area contributed by atoms with Gasteiger partial charge in [0.1, 0.15) is 11.9 Å². The summed E-state index contributed by atoms with van der Waals surface area (Å²) < 4.78 is 16.2. The number of rotatable bonds is 8. The first kappa shape index (κ1) is 26.6. The molecule has 0 bridgehead atoms. The lowest BCUT2D eigenvalue weighted by Gasteiger charge is -2.35. The summed E-state index contributed by atoms with van der Waals surface area (Å²) in [6.07, 6.45) is 8.52. The van der Waals surface area contributed by atoms with Gasteiger partial charge in [0.2, 0.25) is 11.8 Å². The van der Waals surface area contributed by atoms with Gasteiger partial charge in [0.15, 0.2) is 5.78 Å². The van der Waals surface area contributed by atoms with Crippen molar-refractivity contribution in [3.8, 4) is 0 Å². The fourth-order valence-corrected chi connectivity index (χ4v) is 5.86. The van der Waals surface area contributed by atoms with Crippen LogP contribution in [-0.2, 0) is 16.1 Å². The normalized spacial score (nSPS) is 20.5. The van der Waals surface area contributed by atoms with E-state index in [-0.39, 0.29) is 34.6 Å². The van der Waals surface area contributed by atoms with Crippen LogP contribution in [0.25, 0.3) is 10.9 Å². The molecule has 1 aromatic carbocycles. The highest BCUT2D eigenvalue weighted by atomic mass is 35.5. The lowest BCUT2D eigenvalue weighted by molar-refractivity contribution is -0.139. The zero-order valence-electron chi connectivity index (χ0n) is 21.3. The van der Waals surface area contributed by atoms with E-state index >= 15 is 0 Å². The van der Waals surface area contributed by atoms with E-state index in [1.54, 1.807) is 20.2 Å². The molecule has 2 heterocycles. The second-order valence-electron chi connectivity index (χ2n) is 10.3. The summed E-state index contributed by atoms with van der Waals surface area (Å²) in [5.74, 6) is -0.768. The van der Waals surface area contributed by atoms with Gasteiger partial charge in [-0.2, -0.15) is 0 Å². The second kappa shape index (κ2) is 11.3. The number of aromatic nitrogens is 1. The van der Waals surface area contributed by atoms with Crippen molar-refractivity contribution in [2.75, 3.05) is 13.6 Å². The summed E-state index contributed by atoms with van der Waals surface area (Å²) >= 11 is 6.00. The van der Waals surface area contributed by atoms with Gasteiger partial charge in [-0.3, -0.25) is 14.4 Å². The van der Waals surface area contributed by atoms with E-state index in [0.29, 0.717) is 29.6 Å². The summed E-state index contributed by atoms with van der Waals surface area (Å²) in [4.78, 5) is 40.8. The monoisotopic (exact) mass is 518 g/mol. The van der Waals surface area contributed by atoms with Crippen LogP contribution in [0, 0.1) is 11.7 Å². The number of benzene rings is 1. The number of fused-ring (bicyclic) bond motifs is 1. The molecular weight excluding hydrogens is 483 g/mol. The van der Waals surface area contributed by atoms with E-state index in [4.69, 9.17) is 11.6 Å². The molecule has 4 rings (SSSR count). The molecular formula is C27H36ClFN4O3. The van der Waals surface area contributed by atoms with E-state index in [9.17, 15) is 18.8 Å². The van der Waals surface area contributed by atoms with Crippen molar-refractivity contribution in [3.63, 3.8) is 0 Å². The number of hydrogen-bond acceptors (Lipinski definition) is 4. The van der Waals surface area contributed by atoms with E-state index in [2.05, 4.69) is 10.6 Å². The van der Waals surface area contributed by atoms with Crippen LogP contribution in [0.2, 0.25) is 5.02 Å². The first-order valence-corrected chi connectivity index (χ1v) is 13.4. The smallest absolute Gasteiger partial charge is 0.245 e. The lowest BCUT2D eigenvalue weighted by atomic mass is 9.83. The van der Waals surface area contributed by atoms with Crippen LogP contribution in [-0.4, -0.2) is 58.8 Å². The maximum absolute atomic E-state index is 14.3. The number of amides is 2. The van der Waals surface area contributed by atoms with Gasteiger partial charge in [-0.05, 0) is 64.6 Å². The van der Waals surface area contributed by atoms with Crippen molar-refractivity contribution < 1.29 is 18.8 Å². The number of nitrogens with zero attached hydrogens (tertiary/aromatic N) is 2. The number of hydrogen-bond donors (Lipinski definition) is 2. The van der Waals surface area contributed by atoms with Gasteiger partial charge in [-0.25, -0.2) is 4.39 Å². The Labute approximate surface area is 216 Å². The minimum Gasteiger partial charge on any atom is -0.345 e. The summed E-state index contributed by atoms with van der Waals surface area (Å²) in [5.41, 5.74) is 1.07. The molecule has 3 atom stereocenters. The highest BCUT2D eigenvalue weighted by Crippen LogP contribution is 2.32. The average molecular weight is 519 g/mol. The first-order valence-electron chi connectivity index (χ1n) is 13.0. The van der Waals surface area contributed by atoms with Crippen LogP contribution in [0.4, 0.5) is 4.39 Å². The Bertz CT molecular complexity index is 1140. The highest BCUT2D eigenvalue weighted by Gasteiger charge is 2.39. The Morgan fingerprint density at radius 3 is 2.53 bits per heavy atom. The number of carbonyl (C=O) groups is 3. The third-order valence-electron chi connectivity index (χ3n) is 7.88. The molecule has 9 heteroatoms. The Morgan fingerprint density at radius 1 is 1.14 bits per heavy atom. The van der Waals surface area contributed by atoms with Gasteiger partial charge in [0.05, 0.1) is 16.6 Å². The van der Waals surface area contributed by atoms with Gasteiger partial charge < -0.3 is 20.1 Å². The van der Waals surface area contributed by atoms with E-state index < -0.39 is 17.9 Å². The molecule has 1 saturated heterocycles. The van der Waals surface area contributed by atoms with Gasteiger partial charge in [-0.1, -0.05) is 30.9 Å². The Hall–Kier alpha value is -2.45. The topological polar surface area (TPSA) is 83.4 Å². The van der Waals surface area contributed by atoms with E-state index in [0.717, 1.165) is 44.9 Å². The number of likely N-dealkylation sites (N-methyl/N-ethyl adjacent to an activating group) is 1. The molecule has 2 aromatic rings. The summed E-state index contributed by atoms with van der Waals surface area (Å²) in [7, 11) is 1.73. The lowest BCUT2D eigenvalue weighted by Crippen LogP contribution is -2.56. The van der Waals surface area contributed by atoms with Crippen molar-refractivity contribution in [2.24, 2.45) is 5.92 Å². The molecule has 0 spiro atoms. The molecule has 2 fully saturated rings. The van der Waals surface area contributed by atoms with Gasteiger partial charge in [0.25, 0.3) is 0 Å². The van der Waals surface area contributed by atoms with E-state index in [1.807, 2.05) is 9.47 Å². The van der Waals surface area contributed by atoms with Crippen LogP contribution in [0.3, 0.4) is 0 Å². The Morgan fingerprint density at radius 2 is 1.86 bits per heavy atom. The molecule has 1 aliphatic heterocycles. The Balaban J connectivity index is 1.60. The van der Waals surface area contributed by atoms with Crippen molar-refractivity contribution in [3.05, 3.63) is 34.7 Å². The summed E-state index contributed by atoms with van der Waals surface area (Å²) in [6, 6.07) is 1.79. The summed E-state index contributed by atoms with van der Waals surface area (Å²) in [6.45, 7) is 4.31. The molecule has 1 aromatic heterocycles. The van der Waals surface area contributed by atoms with Gasteiger partial charge in [0, 0.05) is 36.3 Å². The average Bonchev–Trinajstić information content (AvgIpc) is 3.47. The zero-order chi connectivity index (χ0) is 26.0. The second-order valence-corrected chi connectivity index (χ2v) is 10.7. The number of likely N-dealkylation sites (tertiary alicyclic amines) is 1. The SMILES string of the molecule is CN[C@@H](C)C(=O)N[C@H](C(=O)N1CCC[C@H]1Cn1cc(C(C)=O)c2cc(Cl)c(F)cc21)C1CCCCC1. The molecule has 2 amide bonds. The quantitative estimate of drug-likeness (QED) is 0.510. The number of ketones is 1. The van der Waals surface area contributed by atoms with E-state index in [1.165, 1.54) is 19.1 Å². The predicted octanol–water partition coefficient (Wildman–Crippen LogP) is 4.30. The van der Waals surface area contributed by atoms with Crippen LogP contribution < -0.4 is 10.6 Å². The standard InChI is InChI=1S/C27H36ClFN4O3/c1-16(30-3)26(35)31-25(18-8-5-4-6-9-18)27(36)33-11-7-10-19(33)14-32-15-21(17(2)34)20-12-22(28)23(29)13-24(20)32/h12-13,15-16,18-19,25,30H,4-11,14H2,1-3H3,(H,31,35)/t16-,19-,25-/m0/s1. The van der Waals surface area contributed by atoms with Crippen LogP contribution in [0.5, 0.6) is 0 Å². The van der Waals surface area contributed by atoms with Crippen molar-refractivity contribution in [2.45, 2.75) is 83.5 Å². The maximum Gasteiger partial charge on any atom is 0.245 e. The minimum atomic E-state index is -0.556. The van der Waals surface area contributed by atoms with Crippen molar-refractivity contribution >= 4 is 40.1 Å². The fourth-order valence-electron chi connectivity index (χ4n) is 5.70. The number of carbonyl (C=O) groups excluding carboxylic acids is 3. The van der Waals surface area contributed by atoms with Crippen LogP contribution in [0.15, 0.2) is 18.3 Å².